The Morgan fingerprint density at radius 3 is 2.62 bits per heavy atom. The van der Waals surface area contributed by atoms with E-state index in [9.17, 15) is 27.6 Å². The van der Waals surface area contributed by atoms with Gasteiger partial charge in [-0.25, -0.2) is 14.2 Å². The zero-order valence-corrected chi connectivity index (χ0v) is 14.6. The second-order valence-corrected chi connectivity index (χ2v) is 6.31. The maximum Gasteiger partial charge on any atom is 0.436 e. The van der Waals surface area contributed by atoms with E-state index in [-0.39, 0.29) is 12.2 Å². The molecule has 6 nitrogen and oxygen atoms in total. The van der Waals surface area contributed by atoms with Crippen molar-refractivity contribution in [3.05, 3.63) is 60.4 Å². The lowest BCUT2D eigenvalue weighted by atomic mass is 10.1. The first-order chi connectivity index (χ1) is 13.8. The topological polar surface area (TPSA) is 73.1 Å². The van der Waals surface area contributed by atoms with E-state index in [1.54, 1.807) is 30.5 Å². The molecule has 3 aromatic rings. The number of alkyl halides is 3. The Labute approximate surface area is 161 Å². The van der Waals surface area contributed by atoms with Gasteiger partial charge < -0.3 is 0 Å². The number of anilines is 2. The van der Waals surface area contributed by atoms with Crippen molar-refractivity contribution < 1.29 is 22.4 Å². The van der Waals surface area contributed by atoms with Crippen molar-refractivity contribution in [1.29, 1.82) is 5.26 Å². The number of rotatable bonds is 2. The molecule has 0 N–H and O–H groups in total. The Balaban J connectivity index is 1.76. The lowest BCUT2D eigenvalue weighted by molar-refractivity contribution is -0.143. The average molecular weight is 401 g/mol. The van der Waals surface area contributed by atoms with E-state index in [1.165, 1.54) is 11.1 Å². The van der Waals surface area contributed by atoms with Gasteiger partial charge in [0.1, 0.15) is 6.04 Å². The first-order valence-electron chi connectivity index (χ1n) is 8.37. The lowest BCUT2D eigenvalue weighted by Gasteiger charge is -2.21. The van der Waals surface area contributed by atoms with Crippen LogP contribution in [-0.2, 0) is 6.18 Å². The Morgan fingerprint density at radius 2 is 1.93 bits per heavy atom. The molecule has 29 heavy (non-hydrogen) atoms. The molecule has 0 unspecified atom stereocenters. The van der Waals surface area contributed by atoms with E-state index in [2.05, 4.69) is 9.97 Å². The maximum atomic E-state index is 13.9. The summed E-state index contributed by atoms with van der Waals surface area (Å²) in [5.41, 5.74) is -1.46. The predicted octanol–water partition coefficient (Wildman–Crippen LogP) is 4.13. The standard InChI is InChI=1S/C19H11F4N5O/c20-15-5-12(8-26-17(15)19(21,22)23)27-10-13(6-24)28(18(27)29)16-9-25-7-11-3-1-2-4-14(11)16/h1-5,7-9,13H,10H2/t13-/m0/s1. The number of nitriles is 1. The van der Waals surface area contributed by atoms with Crippen molar-refractivity contribution >= 4 is 28.2 Å². The van der Waals surface area contributed by atoms with Crippen molar-refractivity contribution in [1.82, 2.24) is 9.97 Å². The monoisotopic (exact) mass is 401 g/mol. The van der Waals surface area contributed by atoms with Crippen LogP contribution >= 0.6 is 0 Å². The number of carbonyl (C=O) groups is 1. The molecule has 3 heterocycles. The molecule has 146 valence electrons. The molecule has 0 aliphatic carbocycles. The number of fused-ring (bicyclic) bond motifs is 1. The van der Waals surface area contributed by atoms with E-state index in [4.69, 9.17) is 0 Å². The molecule has 0 saturated carbocycles. The average Bonchev–Trinajstić information content (AvgIpc) is 3.02. The summed E-state index contributed by atoms with van der Waals surface area (Å²) < 4.78 is 52.1. The summed E-state index contributed by atoms with van der Waals surface area (Å²) in [6.45, 7) is -0.162. The number of aromatic nitrogens is 2. The van der Waals surface area contributed by atoms with E-state index in [0.29, 0.717) is 17.1 Å². The molecule has 0 bridgehead atoms. The summed E-state index contributed by atoms with van der Waals surface area (Å²) in [6.07, 6.45) is -1.15. The van der Waals surface area contributed by atoms with E-state index >= 15 is 0 Å². The number of nitrogens with zero attached hydrogens (tertiary/aromatic N) is 5. The van der Waals surface area contributed by atoms with Crippen molar-refractivity contribution in [3.8, 4) is 6.07 Å². The highest BCUT2D eigenvalue weighted by atomic mass is 19.4. The van der Waals surface area contributed by atoms with E-state index in [0.717, 1.165) is 16.5 Å². The van der Waals surface area contributed by atoms with Crippen LogP contribution in [0.3, 0.4) is 0 Å². The molecule has 10 heteroatoms. The number of carbonyl (C=O) groups excluding carboxylic acids is 1. The van der Waals surface area contributed by atoms with Crippen LogP contribution < -0.4 is 9.80 Å². The molecular formula is C19H11F4N5O. The minimum Gasteiger partial charge on any atom is -0.289 e. The molecule has 1 saturated heterocycles. The summed E-state index contributed by atoms with van der Waals surface area (Å²) in [5.74, 6) is -1.60. The summed E-state index contributed by atoms with van der Waals surface area (Å²) in [7, 11) is 0. The number of halogens is 4. The van der Waals surface area contributed by atoms with Gasteiger partial charge in [0, 0.05) is 23.0 Å². The third-order valence-corrected chi connectivity index (χ3v) is 4.57. The second kappa shape index (κ2) is 6.70. The lowest BCUT2D eigenvalue weighted by Crippen LogP contribution is -2.34. The number of urea groups is 1. The zero-order chi connectivity index (χ0) is 20.8. The van der Waals surface area contributed by atoms with Crippen molar-refractivity contribution in [2.75, 3.05) is 16.3 Å². The van der Waals surface area contributed by atoms with Gasteiger partial charge in [0.25, 0.3) is 0 Å². The minimum atomic E-state index is -4.95. The molecule has 1 aliphatic rings. The number of hydrogen-bond acceptors (Lipinski definition) is 4. The zero-order valence-electron chi connectivity index (χ0n) is 14.6. The van der Waals surface area contributed by atoms with Crippen LogP contribution in [0, 0.1) is 17.1 Å². The number of amides is 2. The Bertz CT molecular complexity index is 1150. The summed E-state index contributed by atoms with van der Waals surface area (Å²) in [4.78, 5) is 22.4. The van der Waals surface area contributed by atoms with E-state index in [1.807, 2.05) is 6.07 Å². The van der Waals surface area contributed by atoms with Gasteiger partial charge in [0.2, 0.25) is 0 Å². The second-order valence-electron chi connectivity index (χ2n) is 6.31. The van der Waals surface area contributed by atoms with Crippen LogP contribution in [0.2, 0.25) is 0 Å². The number of benzene rings is 1. The normalized spacial score (nSPS) is 17.1. The first-order valence-corrected chi connectivity index (χ1v) is 8.37. The first kappa shape index (κ1) is 18.6. The summed E-state index contributed by atoms with van der Waals surface area (Å²) in [5, 5.41) is 10.9. The van der Waals surface area contributed by atoms with Gasteiger partial charge in [-0.2, -0.15) is 18.4 Å². The quantitative estimate of drug-likeness (QED) is 0.606. The van der Waals surface area contributed by atoms with Gasteiger partial charge in [0.15, 0.2) is 11.5 Å². The van der Waals surface area contributed by atoms with Crippen LogP contribution in [0.1, 0.15) is 5.69 Å². The molecule has 1 aliphatic heterocycles. The molecule has 1 atom stereocenters. The molecule has 1 fully saturated rings. The van der Waals surface area contributed by atoms with Crippen LogP contribution in [-0.4, -0.2) is 28.6 Å². The highest BCUT2D eigenvalue weighted by Gasteiger charge is 2.41. The fraction of sp³-hybridized carbons (Fsp3) is 0.158. The van der Waals surface area contributed by atoms with Gasteiger partial charge in [-0.1, -0.05) is 24.3 Å². The van der Waals surface area contributed by atoms with Crippen LogP contribution in [0.4, 0.5) is 33.7 Å². The summed E-state index contributed by atoms with van der Waals surface area (Å²) in [6, 6.07) is 8.07. The molecule has 2 amide bonds. The Hall–Kier alpha value is -3.74. The van der Waals surface area contributed by atoms with Gasteiger partial charge >= 0.3 is 12.2 Å². The van der Waals surface area contributed by atoms with Crippen molar-refractivity contribution in [2.45, 2.75) is 12.2 Å². The summed E-state index contributed by atoms with van der Waals surface area (Å²) >= 11 is 0. The Morgan fingerprint density at radius 1 is 1.17 bits per heavy atom. The van der Waals surface area contributed by atoms with Gasteiger partial charge in [-0.3, -0.25) is 14.8 Å². The third kappa shape index (κ3) is 3.10. The minimum absolute atomic E-state index is 0.162. The third-order valence-electron chi connectivity index (χ3n) is 4.57. The fourth-order valence-electron chi connectivity index (χ4n) is 3.26. The number of pyridine rings is 2. The molecule has 0 radical (unpaired) electrons. The van der Waals surface area contributed by atoms with Crippen LogP contribution in [0.5, 0.6) is 0 Å². The van der Waals surface area contributed by atoms with E-state index < -0.39 is 29.8 Å². The van der Waals surface area contributed by atoms with Gasteiger partial charge in [-0.05, 0) is 0 Å². The van der Waals surface area contributed by atoms with Crippen molar-refractivity contribution in [3.63, 3.8) is 0 Å². The van der Waals surface area contributed by atoms with Crippen LogP contribution in [0.15, 0.2) is 48.9 Å². The highest BCUT2D eigenvalue weighted by Crippen LogP contribution is 2.35. The van der Waals surface area contributed by atoms with Gasteiger partial charge in [0.05, 0.1) is 36.4 Å². The maximum absolute atomic E-state index is 13.9. The number of hydrogen-bond donors (Lipinski definition) is 0. The smallest absolute Gasteiger partial charge is 0.289 e. The predicted molar refractivity (Wildman–Crippen MR) is 95.6 cm³/mol. The molecule has 2 aromatic heterocycles. The fourth-order valence-corrected chi connectivity index (χ4v) is 3.26. The van der Waals surface area contributed by atoms with Crippen molar-refractivity contribution in [2.24, 2.45) is 0 Å². The molecular weight excluding hydrogens is 390 g/mol. The Kier molecular flexibility index (Phi) is 4.30. The molecule has 1 aromatic carbocycles. The SMILES string of the molecule is N#C[C@H]1CN(c2cnc(C(F)(F)F)c(F)c2)C(=O)N1c1cncc2ccccc12. The highest BCUT2D eigenvalue weighted by molar-refractivity contribution is 6.11. The molecule has 4 rings (SSSR count). The van der Waals surface area contributed by atoms with Gasteiger partial charge in [-0.15, -0.1) is 0 Å². The van der Waals surface area contributed by atoms with Crippen LogP contribution in [0.25, 0.3) is 10.8 Å². The largest absolute Gasteiger partial charge is 0.436 e. The molecule has 0 spiro atoms.